The molecular formula is C17H28O3. The molecule has 0 saturated heterocycles. The van der Waals surface area contributed by atoms with Gasteiger partial charge in [-0.15, -0.1) is 0 Å². The van der Waals surface area contributed by atoms with Gasteiger partial charge in [-0.2, -0.15) is 0 Å². The van der Waals surface area contributed by atoms with E-state index < -0.39 is 6.10 Å². The molecule has 0 fully saturated rings. The first kappa shape index (κ1) is 17.0. The Labute approximate surface area is 122 Å². The third-order valence-electron chi connectivity index (χ3n) is 3.99. The SMILES string of the molecule is CCC(C)c1cccc(C(C)CC)c1OCC(O)CO. The minimum Gasteiger partial charge on any atom is -0.490 e. The zero-order valence-electron chi connectivity index (χ0n) is 13.1. The van der Waals surface area contributed by atoms with Crippen LogP contribution in [0.3, 0.4) is 0 Å². The van der Waals surface area contributed by atoms with Crippen molar-refractivity contribution in [3.63, 3.8) is 0 Å². The lowest BCUT2D eigenvalue weighted by molar-refractivity contribution is 0.0527. The molecule has 3 nitrogen and oxygen atoms in total. The van der Waals surface area contributed by atoms with E-state index in [0.717, 1.165) is 18.6 Å². The summed E-state index contributed by atoms with van der Waals surface area (Å²) < 4.78 is 5.86. The maximum absolute atomic E-state index is 9.52. The second-order valence-electron chi connectivity index (χ2n) is 5.53. The van der Waals surface area contributed by atoms with Gasteiger partial charge in [0.25, 0.3) is 0 Å². The molecule has 0 heterocycles. The Morgan fingerprint density at radius 1 is 1.05 bits per heavy atom. The van der Waals surface area contributed by atoms with Gasteiger partial charge in [0.2, 0.25) is 0 Å². The molecule has 0 bridgehead atoms. The molecule has 1 aromatic carbocycles. The highest BCUT2D eigenvalue weighted by Crippen LogP contribution is 2.36. The molecule has 0 spiro atoms. The standard InChI is InChI=1S/C17H28O3/c1-5-12(3)15-8-7-9-16(13(4)6-2)17(15)20-11-14(19)10-18/h7-9,12-14,18-19H,5-6,10-11H2,1-4H3. The van der Waals surface area contributed by atoms with E-state index in [-0.39, 0.29) is 13.2 Å². The average Bonchev–Trinajstić information content (AvgIpc) is 2.50. The first-order valence-corrected chi connectivity index (χ1v) is 7.59. The Balaban J connectivity index is 3.11. The first-order chi connectivity index (χ1) is 9.54. The van der Waals surface area contributed by atoms with Crippen LogP contribution in [0, 0.1) is 0 Å². The number of para-hydroxylation sites is 1. The molecule has 0 aliphatic rings. The summed E-state index contributed by atoms with van der Waals surface area (Å²) in [5.74, 6) is 1.73. The maximum atomic E-state index is 9.52. The molecule has 3 atom stereocenters. The lowest BCUT2D eigenvalue weighted by atomic mass is 9.90. The lowest BCUT2D eigenvalue weighted by Gasteiger charge is -2.22. The molecule has 0 radical (unpaired) electrons. The number of benzene rings is 1. The van der Waals surface area contributed by atoms with E-state index in [4.69, 9.17) is 9.84 Å². The zero-order chi connectivity index (χ0) is 15.1. The molecule has 20 heavy (non-hydrogen) atoms. The molecule has 2 N–H and O–H groups in total. The quantitative estimate of drug-likeness (QED) is 0.767. The van der Waals surface area contributed by atoms with Crippen LogP contribution in [0.5, 0.6) is 5.75 Å². The van der Waals surface area contributed by atoms with E-state index in [0.29, 0.717) is 11.8 Å². The van der Waals surface area contributed by atoms with Crippen LogP contribution in [-0.2, 0) is 0 Å². The van der Waals surface area contributed by atoms with Gasteiger partial charge in [-0.05, 0) is 35.8 Å². The zero-order valence-corrected chi connectivity index (χ0v) is 13.1. The molecule has 3 heteroatoms. The summed E-state index contributed by atoms with van der Waals surface area (Å²) in [6.07, 6.45) is 1.26. The average molecular weight is 280 g/mol. The van der Waals surface area contributed by atoms with Crippen molar-refractivity contribution in [2.45, 2.75) is 58.5 Å². The number of rotatable bonds is 8. The van der Waals surface area contributed by atoms with Crippen molar-refractivity contribution in [2.24, 2.45) is 0 Å². The summed E-state index contributed by atoms with van der Waals surface area (Å²) in [6, 6.07) is 6.28. The number of aliphatic hydroxyl groups is 2. The van der Waals surface area contributed by atoms with Gasteiger partial charge in [-0.25, -0.2) is 0 Å². The Bertz CT molecular complexity index is 375. The Kier molecular flexibility index (Phi) is 7.03. The molecular weight excluding hydrogens is 252 g/mol. The van der Waals surface area contributed by atoms with Crippen molar-refractivity contribution >= 4 is 0 Å². The summed E-state index contributed by atoms with van der Waals surface area (Å²) in [5.41, 5.74) is 2.38. The van der Waals surface area contributed by atoms with Crippen LogP contribution in [0.2, 0.25) is 0 Å². The summed E-state index contributed by atoms with van der Waals surface area (Å²) in [6.45, 7) is 8.55. The van der Waals surface area contributed by atoms with Crippen LogP contribution in [0.25, 0.3) is 0 Å². The largest absolute Gasteiger partial charge is 0.490 e. The van der Waals surface area contributed by atoms with Gasteiger partial charge in [0, 0.05) is 0 Å². The highest BCUT2D eigenvalue weighted by Gasteiger charge is 2.18. The molecule has 114 valence electrons. The van der Waals surface area contributed by atoms with Gasteiger partial charge in [-0.1, -0.05) is 45.9 Å². The van der Waals surface area contributed by atoms with Crippen molar-refractivity contribution in [1.29, 1.82) is 0 Å². The van der Waals surface area contributed by atoms with Crippen molar-refractivity contribution in [3.8, 4) is 5.75 Å². The highest BCUT2D eigenvalue weighted by molar-refractivity contribution is 5.45. The maximum Gasteiger partial charge on any atom is 0.126 e. The molecule has 3 unspecified atom stereocenters. The van der Waals surface area contributed by atoms with Gasteiger partial charge in [0.15, 0.2) is 0 Å². The minimum absolute atomic E-state index is 0.132. The van der Waals surface area contributed by atoms with Crippen molar-refractivity contribution < 1.29 is 14.9 Å². The van der Waals surface area contributed by atoms with E-state index in [9.17, 15) is 5.11 Å². The fourth-order valence-corrected chi connectivity index (χ4v) is 2.19. The molecule has 0 aromatic heterocycles. The third-order valence-corrected chi connectivity index (χ3v) is 3.99. The topological polar surface area (TPSA) is 49.7 Å². The summed E-state index contributed by atoms with van der Waals surface area (Å²) >= 11 is 0. The third kappa shape index (κ3) is 4.22. The molecule has 0 aliphatic heterocycles. The Morgan fingerprint density at radius 3 is 1.95 bits per heavy atom. The molecule has 0 amide bonds. The van der Waals surface area contributed by atoms with E-state index >= 15 is 0 Å². The van der Waals surface area contributed by atoms with Crippen molar-refractivity contribution in [1.82, 2.24) is 0 Å². The van der Waals surface area contributed by atoms with E-state index in [1.165, 1.54) is 11.1 Å². The minimum atomic E-state index is -0.829. The Hall–Kier alpha value is -1.06. The van der Waals surface area contributed by atoms with Gasteiger partial charge in [-0.3, -0.25) is 0 Å². The summed E-state index contributed by atoms with van der Waals surface area (Å²) in [4.78, 5) is 0. The van der Waals surface area contributed by atoms with Gasteiger partial charge in [0.1, 0.15) is 18.5 Å². The predicted molar refractivity (Wildman–Crippen MR) is 82.4 cm³/mol. The van der Waals surface area contributed by atoms with Crippen LogP contribution in [0.15, 0.2) is 18.2 Å². The smallest absolute Gasteiger partial charge is 0.126 e. The monoisotopic (exact) mass is 280 g/mol. The number of ether oxygens (including phenoxy) is 1. The first-order valence-electron chi connectivity index (χ1n) is 7.59. The number of hydrogen-bond acceptors (Lipinski definition) is 3. The Morgan fingerprint density at radius 2 is 1.55 bits per heavy atom. The van der Waals surface area contributed by atoms with Crippen molar-refractivity contribution in [3.05, 3.63) is 29.3 Å². The van der Waals surface area contributed by atoms with E-state index in [1.54, 1.807) is 0 Å². The van der Waals surface area contributed by atoms with Crippen molar-refractivity contribution in [2.75, 3.05) is 13.2 Å². The van der Waals surface area contributed by atoms with Crippen LogP contribution in [-0.4, -0.2) is 29.5 Å². The highest BCUT2D eigenvalue weighted by atomic mass is 16.5. The van der Waals surface area contributed by atoms with E-state index in [1.807, 2.05) is 0 Å². The number of hydrogen-bond donors (Lipinski definition) is 2. The fourth-order valence-electron chi connectivity index (χ4n) is 2.19. The van der Waals surface area contributed by atoms with Crippen LogP contribution in [0.1, 0.15) is 63.5 Å². The molecule has 0 aliphatic carbocycles. The van der Waals surface area contributed by atoms with Crippen LogP contribution < -0.4 is 4.74 Å². The van der Waals surface area contributed by atoms with Gasteiger partial charge >= 0.3 is 0 Å². The van der Waals surface area contributed by atoms with Crippen LogP contribution >= 0.6 is 0 Å². The predicted octanol–water partition coefficient (Wildman–Crippen LogP) is 3.45. The number of aliphatic hydroxyl groups excluding tert-OH is 2. The second-order valence-corrected chi connectivity index (χ2v) is 5.53. The van der Waals surface area contributed by atoms with Gasteiger partial charge in [0.05, 0.1) is 6.61 Å². The van der Waals surface area contributed by atoms with Gasteiger partial charge < -0.3 is 14.9 Å². The van der Waals surface area contributed by atoms with E-state index in [2.05, 4.69) is 45.9 Å². The summed E-state index contributed by atoms with van der Waals surface area (Å²) in [5, 5.41) is 18.4. The molecule has 1 rings (SSSR count). The summed E-state index contributed by atoms with van der Waals surface area (Å²) in [7, 11) is 0. The lowest BCUT2D eigenvalue weighted by Crippen LogP contribution is -2.22. The fraction of sp³-hybridized carbons (Fsp3) is 0.647. The molecule has 0 saturated carbocycles. The van der Waals surface area contributed by atoms with Crippen LogP contribution in [0.4, 0.5) is 0 Å². The normalized spacial score (nSPS) is 15.7. The second kappa shape index (κ2) is 8.28. The molecule has 1 aromatic rings.